The molecule has 1 atom stereocenters. The van der Waals surface area contributed by atoms with Crippen LogP contribution in [0.15, 0.2) is 42.5 Å². The first kappa shape index (κ1) is 13.6. The van der Waals surface area contributed by atoms with Crippen molar-refractivity contribution in [1.29, 1.82) is 0 Å². The van der Waals surface area contributed by atoms with Crippen LogP contribution in [0.25, 0.3) is 11.1 Å². The number of fused-ring (bicyclic) bond motifs is 1. The van der Waals surface area contributed by atoms with Gasteiger partial charge in [0, 0.05) is 11.6 Å². The van der Waals surface area contributed by atoms with Crippen molar-refractivity contribution in [3.8, 4) is 11.1 Å². The van der Waals surface area contributed by atoms with E-state index in [9.17, 15) is 14.9 Å². The molecule has 0 saturated heterocycles. The van der Waals surface area contributed by atoms with Crippen molar-refractivity contribution in [2.24, 2.45) is 0 Å². The Hall–Kier alpha value is -2.34. The monoisotopic (exact) mass is 300 g/mol. The molecule has 21 heavy (non-hydrogen) atoms. The lowest BCUT2D eigenvalue weighted by molar-refractivity contribution is -0.384. The average Bonchev–Trinajstić information content (AvgIpc) is 2.82. The number of nitro benzene ring substituents is 1. The Labute approximate surface area is 125 Å². The highest BCUT2D eigenvalue weighted by molar-refractivity contribution is 7.99. The standard InChI is InChI=1S/C15H12N2O3S/c1-21-14-11-7-4-6-10(13(11)16-15(14)18)9-5-2-3-8-12(9)17(19)20/h2-8,14H,1H3,(H,16,18). The predicted molar refractivity (Wildman–Crippen MR) is 83.4 cm³/mol. The molecule has 1 N–H and O–H groups in total. The van der Waals surface area contributed by atoms with E-state index in [0.29, 0.717) is 16.8 Å². The molecule has 1 heterocycles. The fourth-order valence-corrected chi connectivity index (χ4v) is 3.30. The second-order valence-electron chi connectivity index (χ2n) is 4.65. The van der Waals surface area contributed by atoms with E-state index < -0.39 is 4.92 Å². The largest absolute Gasteiger partial charge is 0.324 e. The molecule has 2 aromatic rings. The Morgan fingerprint density at radius 2 is 1.86 bits per heavy atom. The van der Waals surface area contributed by atoms with Gasteiger partial charge >= 0.3 is 0 Å². The number of hydrogen-bond acceptors (Lipinski definition) is 4. The Balaban J connectivity index is 2.21. The molecule has 0 aromatic heterocycles. The first-order valence-corrected chi connectivity index (χ1v) is 7.62. The van der Waals surface area contributed by atoms with Crippen LogP contribution in [0, 0.1) is 10.1 Å². The van der Waals surface area contributed by atoms with Crippen LogP contribution in [0.2, 0.25) is 0 Å². The number of nitro groups is 1. The number of anilines is 1. The number of nitrogens with one attached hydrogen (secondary N) is 1. The summed E-state index contributed by atoms with van der Waals surface area (Å²) >= 11 is 1.45. The second-order valence-corrected chi connectivity index (χ2v) is 5.59. The summed E-state index contributed by atoms with van der Waals surface area (Å²) in [5.74, 6) is -0.0801. The van der Waals surface area contributed by atoms with Crippen LogP contribution in [-0.4, -0.2) is 17.1 Å². The molecule has 3 rings (SSSR count). The number of amides is 1. The maximum Gasteiger partial charge on any atom is 0.277 e. The van der Waals surface area contributed by atoms with Crippen LogP contribution >= 0.6 is 11.8 Å². The Morgan fingerprint density at radius 3 is 2.57 bits per heavy atom. The van der Waals surface area contributed by atoms with Gasteiger partial charge in [-0.25, -0.2) is 0 Å². The molecule has 0 aliphatic carbocycles. The maximum absolute atomic E-state index is 12.0. The molecule has 2 aromatic carbocycles. The number of carbonyl (C=O) groups excluding carboxylic acids is 1. The zero-order valence-electron chi connectivity index (χ0n) is 11.2. The van der Waals surface area contributed by atoms with Crippen molar-refractivity contribution >= 4 is 29.0 Å². The minimum absolute atomic E-state index is 0.0350. The van der Waals surface area contributed by atoms with Crippen molar-refractivity contribution in [1.82, 2.24) is 0 Å². The summed E-state index contributed by atoms with van der Waals surface area (Å²) in [6.07, 6.45) is 1.87. The minimum Gasteiger partial charge on any atom is -0.324 e. The van der Waals surface area contributed by atoms with Crippen molar-refractivity contribution in [2.45, 2.75) is 5.25 Å². The van der Waals surface area contributed by atoms with E-state index in [1.165, 1.54) is 17.8 Å². The van der Waals surface area contributed by atoms with E-state index in [0.717, 1.165) is 5.56 Å². The topological polar surface area (TPSA) is 72.2 Å². The van der Waals surface area contributed by atoms with Gasteiger partial charge in [0.15, 0.2) is 0 Å². The van der Waals surface area contributed by atoms with E-state index in [-0.39, 0.29) is 16.8 Å². The molecular formula is C15H12N2O3S. The molecule has 1 unspecified atom stereocenters. The molecule has 1 aliphatic heterocycles. The number of carbonyl (C=O) groups is 1. The Morgan fingerprint density at radius 1 is 1.14 bits per heavy atom. The van der Waals surface area contributed by atoms with Gasteiger partial charge in [-0.2, -0.15) is 0 Å². The van der Waals surface area contributed by atoms with Crippen LogP contribution in [0.4, 0.5) is 11.4 Å². The highest BCUT2D eigenvalue weighted by atomic mass is 32.2. The SMILES string of the molecule is CSC1C(=O)Nc2c(-c3ccccc3[N+](=O)[O-])cccc21. The summed E-state index contributed by atoms with van der Waals surface area (Å²) in [4.78, 5) is 22.8. The van der Waals surface area contributed by atoms with Crippen molar-refractivity contribution in [2.75, 3.05) is 11.6 Å². The second kappa shape index (κ2) is 5.21. The zero-order valence-corrected chi connectivity index (χ0v) is 12.0. The first-order chi connectivity index (χ1) is 10.1. The molecule has 0 bridgehead atoms. The van der Waals surface area contributed by atoms with Crippen molar-refractivity contribution in [3.05, 3.63) is 58.1 Å². The Kier molecular flexibility index (Phi) is 3.39. The first-order valence-electron chi connectivity index (χ1n) is 6.34. The number of para-hydroxylation sites is 2. The molecule has 0 spiro atoms. The number of thioether (sulfide) groups is 1. The van der Waals surface area contributed by atoms with Crippen LogP contribution in [0.5, 0.6) is 0 Å². The molecule has 0 radical (unpaired) electrons. The molecule has 5 nitrogen and oxygen atoms in total. The van der Waals surface area contributed by atoms with Gasteiger partial charge in [0.05, 0.1) is 16.2 Å². The highest BCUT2D eigenvalue weighted by Gasteiger charge is 2.32. The van der Waals surface area contributed by atoms with E-state index in [4.69, 9.17) is 0 Å². The van der Waals surface area contributed by atoms with Crippen molar-refractivity contribution in [3.63, 3.8) is 0 Å². The summed E-state index contributed by atoms with van der Waals surface area (Å²) < 4.78 is 0. The van der Waals surface area contributed by atoms with Gasteiger partial charge in [-0.3, -0.25) is 14.9 Å². The number of nitrogens with zero attached hydrogens (tertiary/aromatic N) is 1. The summed E-state index contributed by atoms with van der Waals surface area (Å²) in [5, 5.41) is 13.8. The van der Waals surface area contributed by atoms with Gasteiger partial charge in [0.2, 0.25) is 5.91 Å². The summed E-state index contributed by atoms with van der Waals surface area (Å²) in [5.41, 5.74) is 2.79. The number of hydrogen-bond donors (Lipinski definition) is 1. The molecule has 0 saturated carbocycles. The molecular weight excluding hydrogens is 288 g/mol. The molecule has 1 aliphatic rings. The van der Waals surface area contributed by atoms with Gasteiger partial charge in [-0.1, -0.05) is 30.3 Å². The van der Waals surface area contributed by atoms with Gasteiger partial charge < -0.3 is 5.32 Å². The quantitative estimate of drug-likeness (QED) is 0.694. The van der Waals surface area contributed by atoms with E-state index in [2.05, 4.69) is 5.32 Å². The van der Waals surface area contributed by atoms with Crippen LogP contribution in [-0.2, 0) is 4.79 Å². The maximum atomic E-state index is 12.0. The summed E-state index contributed by atoms with van der Waals surface area (Å²) in [6, 6.07) is 12.1. The Bertz CT molecular complexity index is 745. The summed E-state index contributed by atoms with van der Waals surface area (Å²) in [6.45, 7) is 0. The van der Waals surface area contributed by atoms with Gasteiger partial charge in [-0.15, -0.1) is 11.8 Å². The third-order valence-corrected chi connectivity index (χ3v) is 4.43. The highest BCUT2D eigenvalue weighted by Crippen LogP contribution is 2.45. The van der Waals surface area contributed by atoms with E-state index >= 15 is 0 Å². The fourth-order valence-electron chi connectivity index (χ4n) is 2.58. The molecule has 1 amide bonds. The van der Waals surface area contributed by atoms with Crippen LogP contribution in [0.3, 0.4) is 0 Å². The van der Waals surface area contributed by atoms with Crippen molar-refractivity contribution < 1.29 is 9.72 Å². The third kappa shape index (κ3) is 2.17. The van der Waals surface area contributed by atoms with Gasteiger partial charge in [0.25, 0.3) is 5.69 Å². The minimum atomic E-state index is -0.405. The lowest BCUT2D eigenvalue weighted by Crippen LogP contribution is -2.08. The average molecular weight is 300 g/mol. The normalized spacial score (nSPS) is 16.4. The fraction of sp³-hybridized carbons (Fsp3) is 0.133. The molecule has 106 valence electrons. The lowest BCUT2D eigenvalue weighted by atomic mass is 9.99. The zero-order chi connectivity index (χ0) is 15.0. The third-order valence-electron chi connectivity index (χ3n) is 3.49. The van der Waals surface area contributed by atoms with Gasteiger partial charge in [0.1, 0.15) is 5.25 Å². The van der Waals surface area contributed by atoms with Crippen LogP contribution < -0.4 is 5.32 Å². The van der Waals surface area contributed by atoms with E-state index in [1.807, 2.05) is 18.4 Å². The van der Waals surface area contributed by atoms with Gasteiger partial charge in [-0.05, 0) is 17.9 Å². The lowest BCUT2D eigenvalue weighted by Gasteiger charge is -2.09. The van der Waals surface area contributed by atoms with Crippen LogP contribution in [0.1, 0.15) is 10.8 Å². The van der Waals surface area contributed by atoms with E-state index in [1.54, 1.807) is 24.3 Å². The smallest absolute Gasteiger partial charge is 0.277 e. The summed E-state index contributed by atoms with van der Waals surface area (Å²) in [7, 11) is 0. The number of rotatable bonds is 3. The predicted octanol–water partition coefficient (Wildman–Crippen LogP) is 3.62. The number of benzene rings is 2. The molecule has 0 fully saturated rings. The molecule has 6 heteroatoms.